The van der Waals surface area contributed by atoms with Crippen LogP contribution in [0.15, 0.2) is 24.3 Å². The molecule has 0 unspecified atom stereocenters. The Balaban J connectivity index is 0.000000378. The molecule has 0 spiro atoms. The standard InChI is InChI=1S/C10H16O2.C6H12O.C4H6O2/c1-2-6-10(11)12-9-7-4-3-5-8-9;7-6-4-2-1-3-5-6;1-2-3-4(5)6/h2,6,9H,3-5,7-8H2,1H3;6-7H,1-5H2;2-3H,1H3,(H,5,6)/b6-2+;;3-2+. The number of rotatable bonds is 3. The summed E-state index contributed by atoms with van der Waals surface area (Å²) in [6.07, 6.45) is 17.6. The van der Waals surface area contributed by atoms with E-state index in [0.29, 0.717) is 0 Å². The molecule has 5 heteroatoms. The van der Waals surface area contributed by atoms with Crippen molar-refractivity contribution in [2.24, 2.45) is 0 Å². The summed E-state index contributed by atoms with van der Waals surface area (Å²) in [5.74, 6) is -1.08. The Hall–Kier alpha value is -1.62. The van der Waals surface area contributed by atoms with Crippen molar-refractivity contribution in [3.8, 4) is 0 Å². The van der Waals surface area contributed by atoms with E-state index in [1.54, 1.807) is 13.0 Å². The summed E-state index contributed by atoms with van der Waals surface area (Å²) in [5.41, 5.74) is 0. The van der Waals surface area contributed by atoms with Crippen LogP contribution >= 0.6 is 0 Å². The summed E-state index contributed by atoms with van der Waals surface area (Å²) in [7, 11) is 0. The molecule has 5 nitrogen and oxygen atoms in total. The number of aliphatic hydroxyl groups excluding tert-OH is 1. The minimum absolute atomic E-state index is 0.0359. The number of ether oxygens (including phenoxy) is 1. The number of carbonyl (C=O) groups excluding carboxylic acids is 1. The van der Waals surface area contributed by atoms with Crippen molar-refractivity contribution in [2.75, 3.05) is 0 Å². The molecule has 2 aliphatic carbocycles. The average Bonchev–Trinajstić information content (AvgIpc) is 2.58. The predicted molar refractivity (Wildman–Crippen MR) is 99.3 cm³/mol. The lowest BCUT2D eigenvalue weighted by molar-refractivity contribution is -0.144. The van der Waals surface area contributed by atoms with Gasteiger partial charge in [-0.25, -0.2) is 9.59 Å². The molecule has 2 saturated carbocycles. The molecule has 0 atom stereocenters. The predicted octanol–water partition coefficient (Wildman–Crippen LogP) is 4.40. The number of hydrogen-bond acceptors (Lipinski definition) is 4. The van der Waals surface area contributed by atoms with Crippen LogP contribution in [0.3, 0.4) is 0 Å². The second kappa shape index (κ2) is 15.9. The molecule has 0 radical (unpaired) electrons. The molecule has 0 aliphatic heterocycles. The lowest BCUT2D eigenvalue weighted by Gasteiger charge is -2.20. The van der Waals surface area contributed by atoms with E-state index in [4.69, 9.17) is 14.9 Å². The van der Waals surface area contributed by atoms with Crippen LogP contribution in [0.4, 0.5) is 0 Å². The first kappa shape index (κ1) is 23.4. The van der Waals surface area contributed by atoms with E-state index in [-0.39, 0.29) is 18.2 Å². The number of hydrogen-bond donors (Lipinski definition) is 2. The van der Waals surface area contributed by atoms with Crippen molar-refractivity contribution in [2.45, 2.75) is 90.3 Å². The number of carboxylic acids is 1. The molecular weight excluding hydrogens is 320 g/mol. The monoisotopic (exact) mass is 354 g/mol. The van der Waals surface area contributed by atoms with E-state index in [9.17, 15) is 9.59 Å². The first-order valence-electron chi connectivity index (χ1n) is 9.36. The van der Waals surface area contributed by atoms with Gasteiger partial charge in [0.15, 0.2) is 0 Å². The highest BCUT2D eigenvalue weighted by molar-refractivity contribution is 5.81. The molecule has 0 heterocycles. The van der Waals surface area contributed by atoms with Gasteiger partial charge in [0.2, 0.25) is 0 Å². The van der Waals surface area contributed by atoms with E-state index in [1.165, 1.54) is 50.7 Å². The van der Waals surface area contributed by atoms with E-state index in [0.717, 1.165) is 31.8 Å². The van der Waals surface area contributed by atoms with Gasteiger partial charge < -0.3 is 14.9 Å². The minimum atomic E-state index is -0.891. The fourth-order valence-electron chi connectivity index (χ4n) is 2.75. The largest absolute Gasteiger partial charge is 0.478 e. The van der Waals surface area contributed by atoms with Crippen molar-refractivity contribution in [3.05, 3.63) is 24.3 Å². The third-order valence-corrected chi connectivity index (χ3v) is 4.02. The van der Waals surface area contributed by atoms with Crippen molar-refractivity contribution < 1.29 is 24.5 Å². The SMILES string of the molecule is C/C=C/C(=O)O.C/C=C/C(=O)OC1CCCCC1.OC1CCCCC1. The van der Waals surface area contributed by atoms with Gasteiger partial charge in [-0.1, -0.05) is 37.8 Å². The Labute approximate surface area is 151 Å². The quantitative estimate of drug-likeness (QED) is 0.580. The molecule has 144 valence electrons. The Bertz CT molecular complexity index is 402. The maximum Gasteiger partial charge on any atom is 0.330 e. The third kappa shape index (κ3) is 15.6. The molecule has 2 aliphatic rings. The Morgan fingerprint density at radius 2 is 1.32 bits per heavy atom. The van der Waals surface area contributed by atoms with Gasteiger partial charge in [-0.3, -0.25) is 0 Å². The van der Waals surface area contributed by atoms with Crippen LogP contribution in [0.2, 0.25) is 0 Å². The molecule has 0 aromatic heterocycles. The van der Waals surface area contributed by atoms with Crippen molar-refractivity contribution in [3.63, 3.8) is 0 Å². The van der Waals surface area contributed by atoms with Crippen molar-refractivity contribution in [1.29, 1.82) is 0 Å². The molecule has 0 saturated heterocycles. The Morgan fingerprint density at radius 3 is 1.64 bits per heavy atom. The number of carbonyl (C=O) groups is 2. The van der Waals surface area contributed by atoms with Crippen LogP contribution in [0.1, 0.15) is 78.1 Å². The molecule has 0 bridgehead atoms. The summed E-state index contributed by atoms with van der Waals surface area (Å²) >= 11 is 0. The summed E-state index contributed by atoms with van der Waals surface area (Å²) in [5, 5.41) is 16.7. The van der Waals surface area contributed by atoms with E-state index >= 15 is 0 Å². The number of aliphatic carboxylic acids is 1. The molecule has 0 aromatic carbocycles. The number of carboxylic acid groups (broad SMARTS) is 1. The molecule has 2 rings (SSSR count). The molecule has 0 amide bonds. The van der Waals surface area contributed by atoms with Gasteiger partial charge in [0.25, 0.3) is 0 Å². The highest BCUT2D eigenvalue weighted by Gasteiger charge is 2.15. The number of allylic oxidation sites excluding steroid dienone is 2. The van der Waals surface area contributed by atoms with E-state index < -0.39 is 5.97 Å². The van der Waals surface area contributed by atoms with Crippen LogP contribution in [-0.2, 0) is 14.3 Å². The normalized spacial score (nSPS) is 18.8. The highest BCUT2D eigenvalue weighted by atomic mass is 16.5. The second-order valence-electron chi connectivity index (χ2n) is 6.33. The van der Waals surface area contributed by atoms with Crippen LogP contribution < -0.4 is 0 Å². The van der Waals surface area contributed by atoms with Gasteiger partial charge in [0.05, 0.1) is 6.10 Å². The minimum Gasteiger partial charge on any atom is -0.478 e. The summed E-state index contributed by atoms with van der Waals surface area (Å²) in [6.45, 7) is 3.48. The van der Waals surface area contributed by atoms with Gasteiger partial charge in [-0.15, -0.1) is 0 Å². The fraction of sp³-hybridized carbons (Fsp3) is 0.700. The third-order valence-electron chi connectivity index (χ3n) is 4.02. The molecule has 0 aromatic rings. The van der Waals surface area contributed by atoms with Crippen LogP contribution in [0, 0.1) is 0 Å². The van der Waals surface area contributed by atoms with Gasteiger partial charge in [0.1, 0.15) is 6.10 Å². The maximum absolute atomic E-state index is 11.0. The van der Waals surface area contributed by atoms with Gasteiger partial charge in [-0.05, 0) is 52.4 Å². The highest BCUT2D eigenvalue weighted by Crippen LogP contribution is 2.20. The van der Waals surface area contributed by atoms with Crippen LogP contribution in [0.25, 0.3) is 0 Å². The van der Waals surface area contributed by atoms with Gasteiger partial charge in [0, 0.05) is 12.2 Å². The molecule has 2 N–H and O–H groups in total. The first-order chi connectivity index (χ1) is 12.0. The molecular formula is C20H34O5. The number of esters is 1. The maximum atomic E-state index is 11.0. The Kier molecular flexibility index (Phi) is 14.9. The zero-order valence-electron chi connectivity index (χ0n) is 15.7. The summed E-state index contributed by atoms with van der Waals surface area (Å²) in [6, 6.07) is 0. The lowest BCUT2D eigenvalue weighted by atomic mass is 9.98. The molecule has 25 heavy (non-hydrogen) atoms. The zero-order valence-corrected chi connectivity index (χ0v) is 15.7. The van der Waals surface area contributed by atoms with E-state index in [1.807, 2.05) is 6.92 Å². The summed E-state index contributed by atoms with van der Waals surface area (Å²) in [4.78, 5) is 20.5. The lowest BCUT2D eigenvalue weighted by Crippen LogP contribution is -2.19. The van der Waals surface area contributed by atoms with Gasteiger partial charge in [-0.2, -0.15) is 0 Å². The van der Waals surface area contributed by atoms with E-state index in [2.05, 4.69) is 0 Å². The fourth-order valence-corrected chi connectivity index (χ4v) is 2.75. The first-order valence-corrected chi connectivity index (χ1v) is 9.36. The topological polar surface area (TPSA) is 83.8 Å². The van der Waals surface area contributed by atoms with Crippen LogP contribution in [-0.4, -0.2) is 34.4 Å². The van der Waals surface area contributed by atoms with Crippen molar-refractivity contribution >= 4 is 11.9 Å². The Morgan fingerprint density at radius 1 is 0.840 bits per heavy atom. The zero-order chi connectivity index (χ0) is 18.9. The second-order valence-corrected chi connectivity index (χ2v) is 6.33. The molecule has 2 fully saturated rings. The van der Waals surface area contributed by atoms with Crippen LogP contribution in [0.5, 0.6) is 0 Å². The average molecular weight is 354 g/mol. The van der Waals surface area contributed by atoms with Gasteiger partial charge >= 0.3 is 11.9 Å². The number of aliphatic hydroxyl groups is 1. The van der Waals surface area contributed by atoms with Crippen molar-refractivity contribution in [1.82, 2.24) is 0 Å². The smallest absolute Gasteiger partial charge is 0.330 e. The summed E-state index contributed by atoms with van der Waals surface area (Å²) < 4.78 is 5.21.